The van der Waals surface area contributed by atoms with Crippen LogP contribution in [0.2, 0.25) is 10.0 Å². The van der Waals surface area contributed by atoms with Crippen LogP contribution in [0.5, 0.6) is 0 Å². The van der Waals surface area contributed by atoms with Gasteiger partial charge in [0.2, 0.25) is 0 Å². The van der Waals surface area contributed by atoms with E-state index in [1.165, 1.54) is 0 Å². The van der Waals surface area contributed by atoms with Crippen LogP contribution in [-0.4, -0.2) is 37.2 Å². The summed E-state index contributed by atoms with van der Waals surface area (Å²) in [6.07, 6.45) is 1.10. The highest BCUT2D eigenvalue weighted by atomic mass is 35.5. The van der Waals surface area contributed by atoms with E-state index < -0.39 is 0 Å². The molecule has 3 N–H and O–H groups in total. The lowest BCUT2D eigenvalue weighted by Crippen LogP contribution is -2.49. The summed E-state index contributed by atoms with van der Waals surface area (Å²) in [5.74, 6) is 5.72. The van der Waals surface area contributed by atoms with Crippen LogP contribution in [0, 0.1) is 0 Å². The minimum atomic E-state index is -0.166. The molecule has 20 heavy (non-hydrogen) atoms. The summed E-state index contributed by atoms with van der Waals surface area (Å²) in [6.45, 7) is 5.76. The summed E-state index contributed by atoms with van der Waals surface area (Å²) >= 11 is 12.3. The number of ether oxygens (including phenoxy) is 1. The quantitative estimate of drug-likeness (QED) is 0.647. The molecule has 2 rings (SSSR count). The number of hydrogen-bond donors (Lipinski definition) is 2. The van der Waals surface area contributed by atoms with Gasteiger partial charge in [-0.3, -0.25) is 16.2 Å². The van der Waals surface area contributed by atoms with Crippen molar-refractivity contribution in [2.24, 2.45) is 5.84 Å². The Morgan fingerprint density at radius 3 is 3.00 bits per heavy atom. The van der Waals surface area contributed by atoms with Gasteiger partial charge in [-0.1, -0.05) is 30.1 Å². The third-order valence-corrected chi connectivity index (χ3v) is 4.14. The van der Waals surface area contributed by atoms with Crippen molar-refractivity contribution in [3.63, 3.8) is 0 Å². The zero-order valence-corrected chi connectivity index (χ0v) is 13.1. The molecule has 0 radical (unpaired) electrons. The minimum absolute atomic E-state index is 0.0312. The highest BCUT2D eigenvalue weighted by molar-refractivity contribution is 6.33. The number of hydrazine groups is 1. The van der Waals surface area contributed by atoms with Gasteiger partial charge in [-0.15, -0.1) is 0 Å². The monoisotopic (exact) mass is 317 g/mol. The first kappa shape index (κ1) is 16.0. The molecule has 1 aromatic rings. The average molecular weight is 318 g/mol. The van der Waals surface area contributed by atoms with Crippen molar-refractivity contribution in [3.8, 4) is 0 Å². The molecular weight excluding hydrogens is 297 g/mol. The first-order chi connectivity index (χ1) is 9.65. The number of nitrogens with two attached hydrogens (primary N) is 1. The van der Waals surface area contributed by atoms with Gasteiger partial charge in [-0.2, -0.15) is 0 Å². The molecule has 0 spiro atoms. The van der Waals surface area contributed by atoms with Crippen LogP contribution in [0.3, 0.4) is 0 Å². The Bertz CT molecular complexity index is 442. The third kappa shape index (κ3) is 3.85. The second kappa shape index (κ2) is 7.59. The van der Waals surface area contributed by atoms with E-state index in [2.05, 4.69) is 17.2 Å². The fourth-order valence-electron chi connectivity index (χ4n) is 2.60. The molecule has 1 aliphatic rings. The van der Waals surface area contributed by atoms with Crippen LogP contribution in [0.1, 0.15) is 24.9 Å². The Morgan fingerprint density at radius 2 is 2.30 bits per heavy atom. The fraction of sp³-hybridized carbons (Fsp3) is 0.571. The number of benzene rings is 1. The van der Waals surface area contributed by atoms with Gasteiger partial charge in [-0.05, 0) is 36.7 Å². The topological polar surface area (TPSA) is 50.5 Å². The van der Waals surface area contributed by atoms with Crippen molar-refractivity contribution in [3.05, 3.63) is 33.8 Å². The SMILES string of the molecule is CCCN1CCOC(C(NN)c2cc(Cl)ccc2Cl)C1. The number of morpholine rings is 1. The van der Waals surface area contributed by atoms with Gasteiger partial charge < -0.3 is 4.74 Å². The lowest BCUT2D eigenvalue weighted by molar-refractivity contribution is -0.0470. The predicted octanol–water partition coefficient (Wildman–Crippen LogP) is 2.61. The maximum atomic E-state index is 6.26. The van der Waals surface area contributed by atoms with E-state index in [1.54, 1.807) is 12.1 Å². The largest absolute Gasteiger partial charge is 0.374 e. The summed E-state index contributed by atoms with van der Waals surface area (Å²) in [6, 6.07) is 5.24. The van der Waals surface area contributed by atoms with Crippen molar-refractivity contribution in [2.75, 3.05) is 26.2 Å². The van der Waals surface area contributed by atoms with Gasteiger partial charge >= 0.3 is 0 Å². The molecule has 6 heteroatoms. The Kier molecular flexibility index (Phi) is 6.08. The zero-order valence-electron chi connectivity index (χ0n) is 11.6. The molecule has 2 atom stereocenters. The first-order valence-electron chi connectivity index (χ1n) is 6.90. The Hall–Kier alpha value is -0.360. The highest BCUT2D eigenvalue weighted by Crippen LogP contribution is 2.30. The van der Waals surface area contributed by atoms with Crippen molar-refractivity contribution >= 4 is 23.2 Å². The Morgan fingerprint density at radius 1 is 1.50 bits per heavy atom. The molecule has 1 fully saturated rings. The van der Waals surface area contributed by atoms with Crippen molar-refractivity contribution in [1.82, 2.24) is 10.3 Å². The van der Waals surface area contributed by atoms with E-state index in [9.17, 15) is 0 Å². The van der Waals surface area contributed by atoms with Gasteiger partial charge in [0, 0.05) is 23.1 Å². The van der Waals surface area contributed by atoms with E-state index in [-0.39, 0.29) is 12.1 Å². The smallest absolute Gasteiger partial charge is 0.0910 e. The van der Waals surface area contributed by atoms with Gasteiger partial charge in [0.25, 0.3) is 0 Å². The van der Waals surface area contributed by atoms with Crippen LogP contribution in [0.4, 0.5) is 0 Å². The van der Waals surface area contributed by atoms with Crippen LogP contribution in [0.15, 0.2) is 18.2 Å². The molecular formula is C14H21Cl2N3O. The second-order valence-electron chi connectivity index (χ2n) is 5.02. The van der Waals surface area contributed by atoms with E-state index in [1.807, 2.05) is 6.07 Å². The highest BCUT2D eigenvalue weighted by Gasteiger charge is 2.29. The molecule has 4 nitrogen and oxygen atoms in total. The molecule has 112 valence electrons. The molecule has 1 aromatic carbocycles. The number of rotatable bonds is 5. The summed E-state index contributed by atoms with van der Waals surface area (Å²) in [4.78, 5) is 2.39. The molecule has 0 aliphatic carbocycles. The molecule has 1 heterocycles. The number of nitrogens with one attached hydrogen (secondary N) is 1. The number of hydrogen-bond acceptors (Lipinski definition) is 4. The lowest BCUT2D eigenvalue weighted by Gasteiger charge is -2.37. The maximum absolute atomic E-state index is 6.26. The van der Waals surface area contributed by atoms with E-state index >= 15 is 0 Å². The first-order valence-corrected chi connectivity index (χ1v) is 7.66. The maximum Gasteiger partial charge on any atom is 0.0910 e. The summed E-state index contributed by atoms with van der Waals surface area (Å²) in [7, 11) is 0. The van der Waals surface area contributed by atoms with Crippen LogP contribution < -0.4 is 11.3 Å². The molecule has 0 aromatic heterocycles. The van der Waals surface area contributed by atoms with E-state index in [0.717, 1.165) is 31.6 Å². The molecule has 1 saturated heterocycles. The fourth-order valence-corrected chi connectivity index (χ4v) is 3.02. The molecule has 0 amide bonds. The molecule has 2 unspecified atom stereocenters. The van der Waals surface area contributed by atoms with Gasteiger partial charge in [-0.25, -0.2) is 0 Å². The van der Waals surface area contributed by atoms with Crippen LogP contribution in [-0.2, 0) is 4.74 Å². The second-order valence-corrected chi connectivity index (χ2v) is 5.86. The average Bonchev–Trinajstić information content (AvgIpc) is 2.44. The van der Waals surface area contributed by atoms with E-state index in [4.69, 9.17) is 33.8 Å². The molecule has 1 aliphatic heterocycles. The summed E-state index contributed by atoms with van der Waals surface area (Å²) < 4.78 is 5.87. The van der Waals surface area contributed by atoms with Crippen molar-refractivity contribution in [1.29, 1.82) is 0 Å². The minimum Gasteiger partial charge on any atom is -0.374 e. The number of nitrogens with zero attached hydrogens (tertiary/aromatic N) is 1. The van der Waals surface area contributed by atoms with Gasteiger partial charge in [0.15, 0.2) is 0 Å². The normalized spacial score (nSPS) is 21.9. The Balaban J connectivity index is 2.16. The molecule has 0 saturated carbocycles. The van der Waals surface area contributed by atoms with E-state index in [0.29, 0.717) is 16.7 Å². The summed E-state index contributed by atoms with van der Waals surface area (Å²) in [5.41, 5.74) is 3.70. The van der Waals surface area contributed by atoms with Crippen LogP contribution >= 0.6 is 23.2 Å². The lowest BCUT2D eigenvalue weighted by atomic mass is 10.0. The van der Waals surface area contributed by atoms with Crippen LogP contribution in [0.25, 0.3) is 0 Å². The number of halogens is 2. The van der Waals surface area contributed by atoms with Crippen molar-refractivity contribution in [2.45, 2.75) is 25.5 Å². The summed E-state index contributed by atoms with van der Waals surface area (Å²) in [5, 5.41) is 1.29. The van der Waals surface area contributed by atoms with Gasteiger partial charge in [0.05, 0.1) is 18.8 Å². The predicted molar refractivity (Wildman–Crippen MR) is 83.0 cm³/mol. The van der Waals surface area contributed by atoms with Gasteiger partial charge in [0.1, 0.15) is 0 Å². The third-order valence-electron chi connectivity index (χ3n) is 3.56. The van der Waals surface area contributed by atoms with Crippen molar-refractivity contribution < 1.29 is 4.74 Å². The standard InChI is InChI=1S/C14H21Cl2N3O/c1-2-5-19-6-7-20-13(9-19)14(18-17)11-8-10(15)3-4-12(11)16/h3-4,8,13-14,18H,2,5-7,9,17H2,1H3. The molecule has 0 bridgehead atoms. The Labute approximate surface area is 130 Å². The zero-order chi connectivity index (χ0) is 14.5.